The number of aryl methyl sites for hydroxylation is 3. The molecule has 0 fully saturated rings. The second-order valence-electron chi connectivity index (χ2n) is 5.93. The summed E-state index contributed by atoms with van der Waals surface area (Å²) in [5.41, 5.74) is 5.13. The molecule has 0 heterocycles. The number of rotatable bonds is 6. The molecule has 0 saturated carbocycles. The number of carbonyl (C=O) groups is 1. The van der Waals surface area contributed by atoms with Crippen LogP contribution in [-0.4, -0.2) is 22.5 Å². The molecular weight excluding hydrogens is 320 g/mol. The van der Waals surface area contributed by atoms with E-state index < -0.39 is 10.8 Å². The second-order valence-corrected chi connectivity index (χ2v) is 7.51. The molecule has 1 atom stereocenters. The molecular formula is C19H24N2O2S. The van der Waals surface area contributed by atoms with Crippen LogP contribution in [0.4, 0.5) is 10.5 Å². The number of benzene rings is 2. The maximum atomic E-state index is 12.0. The van der Waals surface area contributed by atoms with Crippen molar-refractivity contribution in [3.63, 3.8) is 0 Å². The molecule has 2 aromatic carbocycles. The normalized spacial score (nSPS) is 11.8. The molecule has 4 nitrogen and oxygen atoms in total. The van der Waals surface area contributed by atoms with E-state index in [-0.39, 0.29) is 6.03 Å². The van der Waals surface area contributed by atoms with Gasteiger partial charge in [-0.25, -0.2) is 4.79 Å². The topological polar surface area (TPSA) is 58.2 Å². The fourth-order valence-electron chi connectivity index (χ4n) is 2.65. The monoisotopic (exact) mass is 344 g/mol. The second kappa shape index (κ2) is 8.64. The maximum absolute atomic E-state index is 12.0. The molecule has 0 bridgehead atoms. The Bertz CT molecular complexity index is 706. The fraction of sp³-hybridized carbons (Fsp3) is 0.316. The van der Waals surface area contributed by atoms with Gasteiger partial charge in [-0.15, -0.1) is 0 Å². The largest absolute Gasteiger partial charge is 0.337 e. The van der Waals surface area contributed by atoms with Gasteiger partial charge >= 0.3 is 6.03 Å². The number of hydrogen-bond donors (Lipinski definition) is 2. The molecule has 1 unspecified atom stereocenters. The summed E-state index contributed by atoms with van der Waals surface area (Å²) in [6.45, 7) is 6.37. The zero-order chi connectivity index (χ0) is 17.5. The van der Waals surface area contributed by atoms with E-state index in [0.29, 0.717) is 18.1 Å². The average molecular weight is 344 g/mol. The van der Waals surface area contributed by atoms with E-state index in [0.717, 1.165) is 22.4 Å². The predicted molar refractivity (Wildman–Crippen MR) is 101 cm³/mol. The van der Waals surface area contributed by atoms with Crippen LogP contribution in [0.15, 0.2) is 42.5 Å². The number of anilines is 1. The molecule has 0 saturated heterocycles. The van der Waals surface area contributed by atoms with Gasteiger partial charge in [0.1, 0.15) is 0 Å². The number of nitrogens with one attached hydrogen (secondary N) is 2. The lowest BCUT2D eigenvalue weighted by Gasteiger charge is -2.13. The van der Waals surface area contributed by atoms with Gasteiger partial charge in [-0.2, -0.15) is 0 Å². The third-order valence-corrected chi connectivity index (χ3v) is 5.02. The first-order valence-corrected chi connectivity index (χ1v) is 9.46. The molecule has 0 aliphatic heterocycles. The summed E-state index contributed by atoms with van der Waals surface area (Å²) in [6.07, 6.45) is 0. The Balaban J connectivity index is 1.78. The summed E-state index contributed by atoms with van der Waals surface area (Å²) in [5.74, 6) is 0.953. The van der Waals surface area contributed by atoms with Gasteiger partial charge < -0.3 is 10.6 Å². The van der Waals surface area contributed by atoms with Crippen molar-refractivity contribution >= 4 is 22.5 Å². The summed E-state index contributed by atoms with van der Waals surface area (Å²) < 4.78 is 12.0. The van der Waals surface area contributed by atoms with E-state index in [1.165, 1.54) is 5.56 Å². The SMILES string of the molecule is Cc1cc(C)c(NC(=O)NCCS(=O)Cc2ccccc2)c(C)c1. The quantitative estimate of drug-likeness (QED) is 0.840. The summed E-state index contributed by atoms with van der Waals surface area (Å²) >= 11 is 0. The molecule has 0 aliphatic carbocycles. The highest BCUT2D eigenvalue weighted by Crippen LogP contribution is 2.21. The first kappa shape index (κ1) is 18.2. The third kappa shape index (κ3) is 5.49. The molecule has 2 N–H and O–H groups in total. The van der Waals surface area contributed by atoms with Crippen molar-refractivity contribution in [2.24, 2.45) is 0 Å². The lowest BCUT2D eigenvalue weighted by atomic mass is 10.1. The van der Waals surface area contributed by atoms with Crippen LogP contribution >= 0.6 is 0 Å². The minimum absolute atomic E-state index is 0.262. The van der Waals surface area contributed by atoms with E-state index in [9.17, 15) is 9.00 Å². The van der Waals surface area contributed by atoms with E-state index in [1.807, 2.05) is 63.2 Å². The van der Waals surface area contributed by atoms with Crippen LogP contribution < -0.4 is 10.6 Å². The first-order chi connectivity index (χ1) is 11.5. The van der Waals surface area contributed by atoms with Crippen molar-refractivity contribution in [3.8, 4) is 0 Å². The number of urea groups is 1. The van der Waals surface area contributed by atoms with Crippen molar-refractivity contribution in [1.82, 2.24) is 5.32 Å². The van der Waals surface area contributed by atoms with Crippen LogP contribution in [0, 0.1) is 20.8 Å². The summed E-state index contributed by atoms with van der Waals surface area (Å²) in [5, 5.41) is 5.65. The van der Waals surface area contributed by atoms with E-state index in [2.05, 4.69) is 10.6 Å². The molecule has 2 aromatic rings. The third-order valence-electron chi connectivity index (χ3n) is 3.70. The van der Waals surface area contributed by atoms with Gasteiger partial charge in [-0.1, -0.05) is 48.0 Å². The molecule has 2 rings (SSSR count). The highest BCUT2D eigenvalue weighted by atomic mass is 32.2. The van der Waals surface area contributed by atoms with Gasteiger partial charge in [-0.3, -0.25) is 4.21 Å². The predicted octanol–water partition coefficient (Wildman–Crippen LogP) is 3.68. The van der Waals surface area contributed by atoms with Crippen LogP contribution in [0.3, 0.4) is 0 Å². The van der Waals surface area contributed by atoms with Crippen molar-refractivity contribution in [2.45, 2.75) is 26.5 Å². The van der Waals surface area contributed by atoms with Crippen LogP contribution in [0.1, 0.15) is 22.3 Å². The zero-order valence-corrected chi connectivity index (χ0v) is 15.2. The van der Waals surface area contributed by atoms with Crippen molar-refractivity contribution < 1.29 is 9.00 Å². The van der Waals surface area contributed by atoms with Gasteiger partial charge in [0, 0.05) is 34.5 Å². The van der Waals surface area contributed by atoms with Crippen molar-refractivity contribution in [1.29, 1.82) is 0 Å². The van der Waals surface area contributed by atoms with Crippen molar-refractivity contribution in [2.75, 3.05) is 17.6 Å². The Hall–Kier alpha value is -2.14. The van der Waals surface area contributed by atoms with Gasteiger partial charge in [0.2, 0.25) is 0 Å². The van der Waals surface area contributed by atoms with Gasteiger partial charge in [0.25, 0.3) is 0 Å². The smallest absolute Gasteiger partial charge is 0.319 e. The Morgan fingerprint density at radius 1 is 1.04 bits per heavy atom. The molecule has 2 amide bonds. The standard InChI is InChI=1S/C19H24N2O2S/c1-14-11-15(2)18(16(3)12-14)21-19(22)20-9-10-24(23)13-17-7-5-4-6-8-17/h4-8,11-12H,9-10,13H2,1-3H3,(H2,20,21,22). The summed E-state index contributed by atoms with van der Waals surface area (Å²) in [4.78, 5) is 12.0. The summed E-state index contributed by atoms with van der Waals surface area (Å²) in [7, 11) is -0.988. The van der Waals surface area contributed by atoms with Gasteiger partial charge in [-0.05, 0) is 37.5 Å². The highest BCUT2D eigenvalue weighted by molar-refractivity contribution is 7.84. The molecule has 0 aromatic heterocycles. The first-order valence-electron chi connectivity index (χ1n) is 7.97. The Kier molecular flexibility index (Phi) is 6.55. The lowest BCUT2D eigenvalue weighted by molar-refractivity contribution is 0.252. The maximum Gasteiger partial charge on any atom is 0.319 e. The van der Waals surface area contributed by atoms with Crippen LogP contribution in [-0.2, 0) is 16.6 Å². The molecule has 24 heavy (non-hydrogen) atoms. The number of carbonyl (C=O) groups excluding carboxylic acids is 1. The summed E-state index contributed by atoms with van der Waals surface area (Å²) in [6, 6.07) is 13.5. The highest BCUT2D eigenvalue weighted by Gasteiger charge is 2.08. The van der Waals surface area contributed by atoms with Crippen LogP contribution in [0.5, 0.6) is 0 Å². The number of hydrogen-bond acceptors (Lipinski definition) is 2. The molecule has 0 radical (unpaired) electrons. The molecule has 0 aliphatic rings. The van der Waals surface area contributed by atoms with Crippen LogP contribution in [0.2, 0.25) is 0 Å². The van der Waals surface area contributed by atoms with Crippen LogP contribution in [0.25, 0.3) is 0 Å². The Morgan fingerprint density at radius 2 is 1.67 bits per heavy atom. The molecule has 128 valence electrons. The molecule has 0 spiro atoms. The Morgan fingerprint density at radius 3 is 2.29 bits per heavy atom. The fourth-order valence-corrected chi connectivity index (χ4v) is 3.68. The van der Waals surface area contributed by atoms with E-state index >= 15 is 0 Å². The molecule has 5 heteroatoms. The Labute approximate surface area is 146 Å². The number of amides is 2. The minimum Gasteiger partial charge on any atom is -0.337 e. The van der Waals surface area contributed by atoms with E-state index in [4.69, 9.17) is 0 Å². The average Bonchev–Trinajstić information content (AvgIpc) is 2.52. The van der Waals surface area contributed by atoms with Crippen molar-refractivity contribution in [3.05, 3.63) is 64.7 Å². The minimum atomic E-state index is -0.988. The van der Waals surface area contributed by atoms with Gasteiger partial charge in [0.15, 0.2) is 0 Å². The lowest BCUT2D eigenvalue weighted by Crippen LogP contribution is -2.32. The van der Waals surface area contributed by atoms with E-state index in [1.54, 1.807) is 0 Å². The zero-order valence-electron chi connectivity index (χ0n) is 14.4. The van der Waals surface area contributed by atoms with Gasteiger partial charge in [0.05, 0.1) is 0 Å².